The van der Waals surface area contributed by atoms with Crippen LogP contribution in [0.5, 0.6) is 11.5 Å². The summed E-state index contributed by atoms with van der Waals surface area (Å²) in [4.78, 5) is 32.3. The van der Waals surface area contributed by atoms with Crippen LogP contribution in [0.3, 0.4) is 0 Å². The third kappa shape index (κ3) is 6.50. The molecule has 10 heteroatoms. The van der Waals surface area contributed by atoms with Gasteiger partial charge in [0.15, 0.2) is 4.80 Å². The molecule has 0 saturated carbocycles. The van der Waals surface area contributed by atoms with E-state index in [1.54, 1.807) is 18.4 Å². The predicted molar refractivity (Wildman–Crippen MR) is 181 cm³/mol. The molecule has 0 unspecified atom stereocenters. The minimum absolute atomic E-state index is 0.221. The molecule has 0 amide bonds. The Balaban J connectivity index is 1.56. The molecule has 1 aromatic heterocycles. The highest BCUT2D eigenvalue weighted by atomic mass is 127. The van der Waals surface area contributed by atoms with Crippen LogP contribution >= 0.6 is 56.5 Å². The molecule has 0 aliphatic carbocycles. The fourth-order valence-corrected chi connectivity index (χ4v) is 7.88. The van der Waals surface area contributed by atoms with E-state index in [1.165, 1.54) is 11.3 Å². The molecule has 7 nitrogen and oxygen atoms in total. The van der Waals surface area contributed by atoms with E-state index < -0.39 is 12.0 Å². The summed E-state index contributed by atoms with van der Waals surface area (Å²) >= 11 is 5.83. The molecule has 1 aliphatic rings. The summed E-state index contributed by atoms with van der Waals surface area (Å²) in [5.41, 5.74) is 3.40. The first kappa shape index (κ1) is 30.5. The van der Waals surface area contributed by atoms with Gasteiger partial charge in [-0.15, -0.1) is 0 Å². The molecule has 0 N–H and O–H groups in total. The maximum absolute atomic E-state index is 14.0. The molecule has 1 atom stereocenters. The summed E-state index contributed by atoms with van der Waals surface area (Å²) in [5, 5.41) is 0. The number of benzene rings is 3. The van der Waals surface area contributed by atoms with Crippen molar-refractivity contribution in [2.45, 2.75) is 33.4 Å². The highest BCUT2D eigenvalue weighted by molar-refractivity contribution is 14.1. The van der Waals surface area contributed by atoms with Gasteiger partial charge in [0.25, 0.3) is 5.56 Å². The van der Waals surface area contributed by atoms with Crippen molar-refractivity contribution in [2.24, 2.45) is 4.99 Å². The fourth-order valence-electron chi connectivity index (χ4n) is 4.70. The van der Waals surface area contributed by atoms with Gasteiger partial charge in [0.1, 0.15) is 18.1 Å². The van der Waals surface area contributed by atoms with Crippen molar-refractivity contribution in [1.29, 1.82) is 0 Å². The van der Waals surface area contributed by atoms with Gasteiger partial charge < -0.3 is 14.2 Å². The summed E-state index contributed by atoms with van der Waals surface area (Å²) < 4.78 is 21.1. The van der Waals surface area contributed by atoms with Crippen LogP contribution in [0.25, 0.3) is 6.08 Å². The second kappa shape index (κ2) is 13.6. The number of esters is 1. The van der Waals surface area contributed by atoms with Crippen molar-refractivity contribution in [3.63, 3.8) is 0 Å². The van der Waals surface area contributed by atoms with Crippen molar-refractivity contribution >= 4 is 68.6 Å². The Hall–Kier alpha value is -2.97. The van der Waals surface area contributed by atoms with Crippen LogP contribution in [-0.2, 0) is 16.1 Å². The Bertz CT molecular complexity index is 1810. The Morgan fingerprint density at radius 1 is 1.00 bits per heavy atom. The lowest BCUT2D eigenvalue weighted by atomic mass is 9.96. The fraction of sp³-hybridized carbons (Fsp3) is 0.219. The monoisotopic (exact) mass is 806 g/mol. The Kier molecular flexibility index (Phi) is 9.84. The van der Waals surface area contributed by atoms with Gasteiger partial charge in [-0.05, 0) is 113 Å². The van der Waals surface area contributed by atoms with Crippen LogP contribution in [0.2, 0.25) is 0 Å². The number of fused-ring (bicyclic) bond motifs is 1. The first-order valence-corrected chi connectivity index (χ1v) is 16.4. The molecule has 0 fully saturated rings. The van der Waals surface area contributed by atoms with E-state index in [1.807, 2.05) is 79.7 Å². The molecule has 4 aromatic rings. The number of nitrogens with zero attached hydrogens (tertiary/aromatic N) is 2. The largest absolute Gasteiger partial charge is 0.494 e. The second-order valence-corrected chi connectivity index (χ2v) is 12.7. The van der Waals surface area contributed by atoms with E-state index in [2.05, 4.69) is 50.2 Å². The van der Waals surface area contributed by atoms with Crippen LogP contribution in [0.15, 0.2) is 87.8 Å². The lowest BCUT2D eigenvalue weighted by molar-refractivity contribution is -0.139. The van der Waals surface area contributed by atoms with Gasteiger partial charge in [-0.3, -0.25) is 9.36 Å². The SMILES string of the molecule is CCOC(=O)C1=C(C)N=c2s/c(=C\c3cc(I)c(OCc4ccccc4)c(I)c3)c(=O)n2[C@@H]1c1ccc(OCC)cc1. The number of ether oxygens (including phenoxy) is 3. The van der Waals surface area contributed by atoms with Gasteiger partial charge in [-0.25, -0.2) is 9.79 Å². The van der Waals surface area contributed by atoms with Crippen molar-refractivity contribution < 1.29 is 19.0 Å². The van der Waals surface area contributed by atoms with Gasteiger partial charge in [0.05, 0.1) is 42.2 Å². The number of carbonyl (C=O) groups is 1. The van der Waals surface area contributed by atoms with Crippen LogP contribution < -0.4 is 24.4 Å². The van der Waals surface area contributed by atoms with Crippen LogP contribution in [0.1, 0.15) is 43.5 Å². The van der Waals surface area contributed by atoms with Gasteiger partial charge in [0, 0.05) is 0 Å². The molecule has 216 valence electrons. The normalized spacial score (nSPS) is 14.8. The molecule has 0 radical (unpaired) electrons. The Labute approximate surface area is 274 Å². The topological polar surface area (TPSA) is 79.1 Å². The van der Waals surface area contributed by atoms with E-state index >= 15 is 0 Å². The molecule has 0 saturated heterocycles. The molecule has 0 spiro atoms. The molecule has 1 aliphatic heterocycles. The van der Waals surface area contributed by atoms with Crippen LogP contribution in [0.4, 0.5) is 0 Å². The molecule has 0 bridgehead atoms. The van der Waals surface area contributed by atoms with Gasteiger partial charge >= 0.3 is 5.97 Å². The molecule has 2 heterocycles. The van der Waals surface area contributed by atoms with E-state index in [-0.39, 0.29) is 12.2 Å². The summed E-state index contributed by atoms with van der Waals surface area (Å²) in [5.74, 6) is 1.04. The van der Waals surface area contributed by atoms with Crippen LogP contribution in [0, 0.1) is 7.14 Å². The quantitative estimate of drug-likeness (QED) is 0.154. The van der Waals surface area contributed by atoms with Gasteiger partial charge in [0.2, 0.25) is 0 Å². The van der Waals surface area contributed by atoms with Gasteiger partial charge in [-0.2, -0.15) is 0 Å². The number of halogens is 2. The molecular formula is C32H28I2N2O5S. The molecular weight excluding hydrogens is 778 g/mol. The average Bonchev–Trinajstić information content (AvgIpc) is 3.27. The average molecular weight is 806 g/mol. The summed E-state index contributed by atoms with van der Waals surface area (Å²) in [6.07, 6.45) is 1.87. The number of thiazole rings is 1. The number of hydrogen-bond acceptors (Lipinski definition) is 7. The number of allylic oxidation sites excluding steroid dienone is 1. The molecule has 5 rings (SSSR count). The number of aromatic nitrogens is 1. The summed E-state index contributed by atoms with van der Waals surface area (Å²) in [6.45, 7) is 6.69. The Morgan fingerprint density at radius 3 is 2.33 bits per heavy atom. The zero-order chi connectivity index (χ0) is 29.8. The maximum atomic E-state index is 14.0. The Morgan fingerprint density at radius 2 is 1.69 bits per heavy atom. The second-order valence-electron chi connectivity index (χ2n) is 9.39. The van der Waals surface area contributed by atoms with E-state index in [9.17, 15) is 9.59 Å². The summed E-state index contributed by atoms with van der Waals surface area (Å²) in [7, 11) is 0. The number of rotatable bonds is 9. The minimum atomic E-state index is -0.674. The number of hydrogen-bond donors (Lipinski definition) is 0. The zero-order valence-corrected chi connectivity index (χ0v) is 28.4. The van der Waals surface area contributed by atoms with Gasteiger partial charge in [-0.1, -0.05) is 53.8 Å². The third-order valence-electron chi connectivity index (χ3n) is 6.57. The lowest BCUT2D eigenvalue weighted by Crippen LogP contribution is -2.39. The minimum Gasteiger partial charge on any atom is -0.494 e. The first-order valence-electron chi connectivity index (χ1n) is 13.4. The highest BCUT2D eigenvalue weighted by Gasteiger charge is 2.33. The van der Waals surface area contributed by atoms with Crippen molar-refractivity contribution in [3.05, 3.63) is 122 Å². The smallest absolute Gasteiger partial charge is 0.338 e. The van der Waals surface area contributed by atoms with Crippen LogP contribution in [-0.4, -0.2) is 23.8 Å². The van der Waals surface area contributed by atoms with Crippen molar-refractivity contribution in [1.82, 2.24) is 4.57 Å². The zero-order valence-electron chi connectivity index (χ0n) is 23.2. The summed E-state index contributed by atoms with van der Waals surface area (Å²) in [6, 6.07) is 20.8. The highest BCUT2D eigenvalue weighted by Crippen LogP contribution is 2.32. The first-order chi connectivity index (χ1) is 20.3. The predicted octanol–water partition coefficient (Wildman–Crippen LogP) is 5.99. The van der Waals surface area contributed by atoms with Crippen molar-refractivity contribution in [2.75, 3.05) is 13.2 Å². The van der Waals surface area contributed by atoms with E-state index in [4.69, 9.17) is 14.2 Å². The molecule has 42 heavy (non-hydrogen) atoms. The van der Waals surface area contributed by atoms with E-state index in [0.29, 0.717) is 39.6 Å². The maximum Gasteiger partial charge on any atom is 0.338 e. The third-order valence-corrected chi connectivity index (χ3v) is 9.15. The number of carbonyl (C=O) groups excluding carboxylic acids is 1. The molecule has 3 aromatic carbocycles. The van der Waals surface area contributed by atoms with Crippen molar-refractivity contribution in [3.8, 4) is 11.5 Å². The lowest BCUT2D eigenvalue weighted by Gasteiger charge is -2.24. The van der Waals surface area contributed by atoms with E-state index in [0.717, 1.165) is 29.6 Å². The standard InChI is InChI=1S/C32H28I2N2O5S/c1-4-39-23-13-11-22(12-14-23)28-27(31(38)40-5-2)19(3)35-32-36(28)30(37)26(42-32)17-21-15-24(33)29(25(34)16-21)41-18-20-9-7-6-8-10-20/h6-17,28H,4-5,18H2,1-3H3/b26-17-/t28-/m1/s1.